The summed E-state index contributed by atoms with van der Waals surface area (Å²) in [6, 6.07) is 10.1. The maximum absolute atomic E-state index is 13.0. The Morgan fingerprint density at radius 1 is 1.08 bits per heavy atom. The molecule has 0 spiro atoms. The highest BCUT2D eigenvalue weighted by Gasteiger charge is 2.51. The van der Waals surface area contributed by atoms with Crippen LogP contribution in [0.15, 0.2) is 48.8 Å². The number of amides is 1. The molecule has 39 heavy (non-hydrogen) atoms. The lowest BCUT2D eigenvalue weighted by molar-refractivity contribution is -0.168. The van der Waals surface area contributed by atoms with Gasteiger partial charge in [0.05, 0.1) is 41.8 Å². The third-order valence-electron chi connectivity index (χ3n) is 8.59. The highest BCUT2D eigenvalue weighted by atomic mass is 16.5. The van der Waals surface area contributed by atoms with Gasteiger partial charge in [-0.3, -0.25) is 4.79 Å². The minimum atomic E-state index is -0.437. The number of anilines is 1. The number of ether oxygens (including phenoxy) is 2. The second-order valence-corrected chi connectivity index (χ2v) is 11.6. The zero-order valence-electron chi connectivity index (χ0n) is 22.5. The van der Waals surface area contributed by atoms with E-state index in [1.54, 1.807) is 54.2 Å². The predicted molar refractivity (Wildman–Crippen MR) is 146 cm³/mol. The third kappa shape index (κ3) is 5.17. The Balaban J connectivity index is 1.20. The number of phenols is 1. The summed E-state index contributed by atoms with van der Waals surface area (Å²) >= 11 is 0. The van der Waals surface area contributed by atoms with E-state index >= 15 is 0 Å². The monoisotopic (exact) mass is 529 g/mol. The first-order chi connectivity index (χ1) is 18.8. The Morgan fingerprint density at radius 2 is 1.79 bits per heavy atom. The van der Waals surface area contributed by atoms with Crippen molar-refractivity contribution in [2.24, 2.45) is 17.8 Å². The van der Waals surface area contributed by atoms with Gasteiger partial charge in [-0.15, -0.1) is 0 Å². The number of nitrogens with zero attached hydrogens (tertiary/aromatic N) is 2. The molecule has 7 rings (SSSR count). The maximum Gasteiger partial charge on any atom is 0.338 e. The van der Waals surface area contributed by atoms with E-state index in [9.17, 15) is 14.7 Å². The second-order valence-electron chi connectivity index (χ2n) is 11.6. The van der Waals surface area contributed by atoms with Gasteiger partial charge in [-0.1, -0.05) is 6.07 Å². The first kappa shape index (κ1) is 25.6. The van der Waals surface area contributed by atoms with Crippen LogP contribution in [0.4, 0.5) is 5.69 Å². The van der Waals surface area contributed by atoms with Crippen LogP contribution in [-0.2, 0) is 16.1 Å². The number of phenolic OH excluding ortho intramolecular Hbond substituents is 1. The summed E-state index contributed by atoms with van der Waals surface area (Å²) in [6.07, 6.45) is 10.7. The van der Waals surface area contributed by atoms with Crippen LogP contribution in [0.3, 0.4) is 0 Å². The third-order valence-corrected chi connectivity index (χ3v) is 8.59. The van der Waals surface area contributed by atoms with Crippen LogP contribution >= 0.6 is 0 Å². The SMILES string of the molecule is CCOC(=O)c1cccc(NC(=O)c2cnn(-c3c(C)cc(O)cc3COC34CC5CC(CC(C5)C3)C4)c2)c1. The number of hydrogen-bond acceptors (Lipinski definition) is 6. The van der Waals surface area contributed by atoms with E-state index in [-0.39, 0.29) is 23.9 Å². The molecule has 2 N–H and O–H groups in total. The molecule has 1 amide bonds. The summed E-state index contributed by atoms with van der Waals surface area (Å²) in [4.78, 5) is 25.1. The largest absolute Gasteiger partial charge is 0.508 e. The lowest BCUT2D eigenvalue weighted by Gasteiger charge is -2.56. The van der Waals surface area contributed by atoms with Gasteiger partial charge in [-0.2, -0.15) is 5.10 Å². The lowest BCUT2D eigenvalue weighted by Crippen LogP contribution is -2.51. The number of rotatable bonds is 8. The van der Waals surface area contributed by atoms with Crippen LogP contribution in [0.25, 0.3) is 5.69 Å². The Labute approximate surface area is 228 Å². The summed E-state index contributed by atoms with van der Waals surface area (Å²) < 4.78 is 13.4. The average molecular weight is 530 g/mol. The first-order valence-electron chi connectivity index (χ1n) is 13.9. The molecule has 0 radical (unpaired) electrons. The molecular weight excluding hydrogens is 494 g/mol. The highest BCUT2D eigenvalue weighted by Crippen LogP contribution is 2.57. The van der Waals surface area contributed by atoms with Crippen LogP contribution in [0.2, 0.25) is 0 Å². The summed E-state index contributed by atoms with van der Waals surface area (Å²) in [7, 11) is 0. The Bertz CT molecular complexity index is 1380. The van der Waals surface area contributed by atoms with Crippen LogP contribution < -0.4 is 5.32 Å². The minimum Gasteiger partial charge on any atom is -0.508 e. The molecule has 0 unspecified atom stereocenters. The molecule has 4 bridgehead atoms. The summed E-state index contributed by atoms with van der Waals surface area (Å²) in [6.45, 7) is 4.34. The van der Waals surface area contributed by atoms with Crippen molar-refractivity contribution in [3.05, 3.63) is 71.0 Å². The molecule has 0 saturated heterocycles. The van der Waals surface area contributed by atoms with Gasteiger partial charge in [0.25, 0.3) is 5.91 Å². The van der Waals surface area contributed by atoms with E-state index in [2.05, 4.69) is 10.4 Å². The highest BCUT2D eigenvalue weighted by molar-refractivity contribution is 6.04. The zero-order valence-corrected chi connectivity index (χ0v) is 22.5. The number of carbonyl (C=O) groups excluding carboxylic acids is 2. The summed E-state index contributed by atoms with van der Waals surface area (Å²) in [5, 5.41) is 17.7. The standard InChI is InChI=1S/C31H35N3O5/c1-3-38-30(37)23-5-4-6-26(11-23)33-29(36)25-16-32-34(17-25)28-19(2)7-27(35)12-24(28)18-39-31-13-20-8-21(14-31)10-22(9-20)15-31/h4-7,11-12,16-17,20-22,35H,3,8-10,13-15,18H2,1-2H3,(H,33,36). The van der Waals surface area contributed by atoms with Crippen LogP contribution in [0, 0.1) is 24.7 Å². The topological polar surface area (TPSA) is 103 Å². The molecule has 0 aliphatic heterocycles. The van der Waals surface area contributed by atoms with Crippen LogP contribution in [-0.4, -0.2) is 39.0 Å². The summed E-state index contributed by atoms with van der Waals surface area (Å²) in [5.41, 5.74) is 3.67. The molecule has 0 atom stereocenters. The van der Waals surface area contributed by atoms with Gasteiger partial charge < -0.3 is 19.9 Å². The number of hydrogen-bond donors (Lipinski definition) is 2. The van der Waals surface area contributed by atoms with Crippen molar-refractivity contribution in [3.8, 4) is 11.4 Å². The molecule has 204 valence electrons. The zero-order chi connectivity index (χ0) is 27.1. The van der Waals surface area contributed by atoms with Gasteiger partial charge in [-0.25, -0.2) is 9.48 Å². The van der Waals surface area contributed by atoms with Crippen molar-refractivity contribution in [3.63, 3.8) is 0 Å². The maximum atomic E-state index is 13.0. The quantitative estimate of drug-likeness (QED) is 0.358. The average Bonchev–Trinajstić information content (AvgIpc) is 3.37. The Kier molecular flexibility index (Phi) is 6.67. The smallest absolute Gasteiger partial charge is 0.338 e. The van der Waals surface area contributed by atoms with Crippen molar-refractivity contribution in [2.45, 2.75) is 64.6 Å². The molecule has 3 aromatic rings. The number of carbonyl (C=O) groups is 2. The van der Waals surface area contributed by atoms with Gasteiger partial charge in [0.2, 0.25) is 0 Å². The molecule has 1 heterocycles. The predicted octanol–water partition coefficient (Wildman–Crippen LogP) is 5.80. The Morgan fingerprint density at radius 3 is 2.49 bits per heavy atom. The Hall–Kier alpha value is -3.65. The van der Waals surface area contributed by atoms with E-state index in [1.807, 2.05) is 6.92 Å². The number of nitrogens with one attached hydrogen (secondary N) is 1. The minimum absolute atomic E-state index is 0.0569. The molecule has 2 aromatic carbocycles. The molecule has 8 heteroatoms. The van der Waals surface area contributed by atoms with Gasteiger partial charge in [-0.05, 0) is 106 Å². The molecule has 8 nitrogen and oxygen atoms in total. The summed E-state index contributed by atoms with van der Waals surface area (Å²) in [5.74, 6) is 1.76. The van der Waals surface area contributed by atoms with Crippen molar-refractivity contribution in [1.82, 2.24) is 9.78 Å². The van der Waals surface area contributed by atoms with E-state index in [0.29, 0.717) is 23.4 Å². The van der Waals surface area contributed by atoms with Gasteiger partial charge >= 0.3 is 5.97 Å². The molecule has 4 aliphatic carbocycles. The normalized spacial score (nSPS) is 25.0. The fraction of sp³-hybridized carbons (Fsp3) is 0.452. The van der Waals surface area contributed by atoms with Crippen molar-refractivity contribution >= 4 is 17.6 Å². The fourth-order valence-electron chi connectivity index (χ4n) is 7.41. The molecular formula is C31H35N3O5. The molecule has 4 saturated carbocycles. The van der Waals surface area contributed by atoms with Crippen LogP contribution in [0.1, 0.15) is 77.3 Å². The van der Waals surface area contributed by atoms with Crippen molar-refractivity contribution in [1.29, 1.82) is 0 Å². The van der Waals surface area contributed by atoms with Crippen molar-refractivity contribution < 1.29 is 24.2 Å². The molecule has 1 aromatic heterocycles. The fourth-order valence-corrected chi connectivity index (χ4v) is 7.41. The number of aromatic nitrogens is 2. The van der Waals surface area contributed by atoms with E-state index < -0.39 is 5.97 Å². The van der Waals surface area contributed by atoms with Gasteiger partial charge in [0.1, 0.15) is 5.75 Å². The van der Waals surface area contributed by atoms with Crippen LogP contribution in [0.5, 0.6) is 5.75 Å². The van der Waals surface area contributed by atoms with Gasteiger partial charge in [0, 0.05) is 17.4 Å². The van der Waals surface area contributed by atoms with E-state index in [1.165, 1.54) is 25.5 Å². The van der Waals surface area contributed by atoms with Gasteiger partial charge in [0.15, 0.2) is 0 Å². The lowest BCUT2D eigenvalue weighted by atomic mass is 9.54. The molecule has 4 fully saturated rings. The molecule has 4 aliphatic rings. The first-order valence-corrected chi connectivity index (χ1v) is 13.9. The van der Waals surface area contributed by atoms with Crippen molar-refractivity contribution in [2.75, 3.05) is 11.9 Å². The van der Waals surface area contributed by atoms with E-state index in [4.69, 9.17) is 9.47 Å². The van der Waals surface area contributed by atoms with E-state index in [0.717, 1.165) is 53.8 Å². The number of aromatic hydroxyl groups is 1. The number of esters is 1. The number of benzene rings is 2. The number of aryl methyl sites for hydroxylation is 1. The second kappa shape index (κ2) is 10.2.